The SMILES string of the molecule is CC1Cc2cc(F)ccc2CCN1. The minimum absolute atomic E-state index is 0.118. The van der Waals surface area contributed by atoms with Crippen LogP contribution in [0.4, 0.5) is 4.39 Å². The third-order valence-electron chi connectivity index (χ3n) is 2.58. The first-order valence-electron chi connectivity index (χ1n) is 4.76. The molecule has 1 aromatic carbocycles. The Bertz CT molecular complexity index is 309. The molecule has 70 valence electrons. The molecule has 1 N–H and O–H groups in total. The molecular formula is C11H14FN. The average molecular weight is 179 g/mol. The van der Waals surface area contributed by atoms with E-state index >= 15 is 0 Å². The molecular weight excluding hydrogens is 165 g/mol. The van der Waals surface area contributed by atoms with E-state index in [0.717, 1.165) is 24.9 Å². The first kappa shape index (κ1) is 8.70. The van der Waals surface area contributed by atoms with Crippen molar-refractivity contribution in [1.29, 1.82) is 0 Å². The van der Waals surface area contributed by atoms with Crippen molar-refractivity contribution < 1.29 is 4.39 Å². The van der Waals surface area contributed by atoms with Gasteiger partial charge in [0.2, 0.25) is 0 Å². The second-order valence-electron chi connectivity index (χ2n) is 3.72. The van der Waals surface area contributed by atoms with Crippen molar-refractivity contribution in [2.75, 3.05) is 6.54 Å². The van der Waals surface area contributed by atoms with Crippen LogP contribution in [-0.2, 0) is 12.8 Å². The van der Waals surface area contributed by atoms with Crippen molar-refractivity contribution in [3.63, 3.8) is 0 Å². The third-order valence-corrected chi connectivity index (χ3v) is 2.58. The molecule has 0 aromatic heterocycles. The van der Waals surface area contributed by atoms with Crippen LogP contribution >= 0.6 is 0 Å². The maximum absolute atomic E-state index is 12.9. The minimum atomic E-state index is -0.118. The van der Waals surface area contributed by atoms with Gasteiger partial charge in [-0.25, -0.2) is 4.39 Å². The summed E-state index contributed by atoms with van der Waals surface area (Å²) in [6, 6.07) is 5.58. The van der Waals surface area contributed by atoms with E-state index in [0.29, 0.717) is 6.04 Å². The topological polar surface area (TPSA) is 12.0 Å². The lowest BCUT2D eigenvalue weighted by Crippen LogP contribution is -2.27. The second-order valence-corrected chi connectivity index (χ2v) is 3.72. The average Bonchev–Trinajstić information content (AvgIpc) is 2.25. The fourth-order valence-corrected chi connectivity index (χ4v) is 1.88. The highest BCUT2D eigenvalue weighted by atomic mass is 19.1. The van der Waals surface area contributed by atoms with E-state index in [-0.39, 0.29) is 5.82 Å². The third kappa shape index (κ3) is 1.89. The van der Waals surface area contributed by atoms with Crippen molar-refractivity contribution in [3.8, 4) is 0 Å². The molecule has 1 unspecified atom stereocenters. The van der Waals surface area contributed by atoms with Gasteiger partial charge in [-0.05, 0) is 49.6 Å². The smallest absolute Gasteiger partial charge is 0.123 e. The molecule has 1 aliphatic rings. The lowest BCUT2D eigenvalue weighted by atomic mass is 10.0. The van der Waals surface area contributed by atoms with E-state index in [1.807, 2.05) is 6.07 Å². The largest absolute Gasteiger partial charge is 0.314 e. The molecule has 1 heterocycles. The van der Waals surface area contributed by atoms with Crippen molar-refractivity contribution in [1.82, 2.24) is 5.32 Å². The number of halogens is 1. The molecule has 0 saturated heterocycles. The van der Waals surface area contributed by atoms with Crippen LogP contribution in [0.1, 0.15) is 18.1 Å². The van der Waals surface area contributed by atoms with Crippen LogP contribution in [0.3, 0.4) is 0 Å². The van der Waals surface area contributed by atoms with Crippen LogP contribution in [0.5, 0.6) is 0 Å². The summed E-state index contributed by atoms with van der Waals surface area (Å²) in [5.74, 6) is -0.118. The maximum atomic E-state index is 12.9. The fourth-order valence-electron chi connectivity index (χ4n) is 1.88. The van der Waals surface area contributed by atoms with E-state index < -0.39 is 0 Å². The summed E-state index contributed by atoms with van der Waals surface area (Å²) in [5.41, 5.74) is 2.45. The van der Waals surface area contributed by atoms with Gasteiger partial charge in [0.25, 0.3) is 0 Å². The predicted molar refractivity (Wildman–Crippen MR) is 51.3 cm³/mol. The summed E-state index contributed by atoms with van der Waals surface area (Å²) in [5, 5.41) is 3.39. The predicted octanol–water partition coefficient (Wildman–Crippen LogP) is 1.90. The molecule has 0 spiro atoms. The van der Waals surface area contributed by atoms with Gasteiger partial charge < -0.3 is 5.32 Å². The van der Waals surface area contributed by atoms with Crippen LogP contribution < -0.4 is 5.32 Å². The van der Waals surface area contributed by atoms with Gasteiger partial charge in [0.05, 0.1) is 0 Å². The Labute approximate surface area is 78.0 Å². The van der Waals surface area contributed by atoms with E-state index in [2.05, 4.69) is 12.2 Å². The normalized spacial score (nSPS) is 22.2. The Morgan fingerprint density at radius 1 is 1.38 bits per heavy atom. The highest BCUT2D eigenvalue weighted by Gasteiger charge is 2.12. The molecule has 0 aliphatic carbocycles. The van der Waals surface area contributed by atoms with Crippen LogP contribution in [0, 0.1) is 5.82 Å². The van der Waals surface area contributed by atoms with Crippen molar-refractivity contribution in [2.45, 2.75) is 25.8 Å². The molecule has 0 amide bonds. The zero-order valence-electron chi connectivity index (χ0n) is 7.81. The van der Waals surface area contributed by atoms with Gasteiger partial charge in [-0.3, -0.25) is 0 Å². The highest BCUT2D eigenvalue weighted by Crippen LogP contribution is 2.16. The maximum Gasteiger partial charge on any atom is 0.123 e. The molecule has 2 rings (SSSR count). The first-order valence-corrected chi connectivity index (χ1v) is 4.76. The van der Waals surface area contributed by atoms with E-state index in [4.69, 9.17) is 0 Å². The summed E-state index contributed by atoms with van der Waals surface area (Å²) in [4.78, 5) is 0. The minimum Gasteiger partial charge on any atom is -0.314 e. The highest BCUT2D eigenvalue weighted by molar-refractivity contribution is 5.30. The number of benzene rings is 1. The Hall–Kier alpha value is -0.890. The van der Waals surface area contributed by atoms with Crippen LogP contribution in [0.2, 0.25) is 0 Å². The molecule has 0 bridgehead atoms. The lowest BCUT2D eigenvalue weighted by molar-refractivity contribution is 0.566. The van der Waals surface area contributed by atoms with Gasteiger partial charge in [-0.2, -0.15) is 0 Å². The molecule has 13 heavy (non-hydrogen) atoms. The molecule has 1 atom stereocenters. The fraction of sp³-hybridized carbons (Fsp3) is 0.455. The zero-order chi connectivity index (χ0) is 9.26. The number of rotatable bonds is 0. The summed E-state index contributed by atoms with van der Waals surface area (Å²) < 4.78 is 12.9. The molecule has 1 aliphatic heterocycles. The first-order chi connectivity index (χ1) is 6.25. The van der Waals surface area contributed by atoms with E-state index in [9.17, 15) is 4.39 Å². The number of fused-ring (bicyclic) bond motifs is 1. The Morgan fingerprint density at radius 3 is 3.08 bits per heavy atom. The van der Waals surface area contributed by atoms with E-state index in [1.165, 1.54) is 5.56 Å². The number of hydrogen-bond donors (Lipinski definition) is 1. The molecule has 1 nitrogen and oxygen atoms in total. The van der Waals surface area contributed by atoms with Gasteiger partial charge in [0.1, 0.15) is 5.82 Å². The second kappa shape index (κ2) is 3.46. The zero-order valence-corrected chi connectivity index (χ0v) is 7.81. The van der Waals surface area contributed by atoms with Gasteiger partial charge in [0.15, 0.2) is 0 Å². The summed E-state index contributed by atoms with van der Waals surface area (Å²) >= 11 is 0. The quantitative estimate of drug-likeness (QED) is 0.641. The Kier molecular flexibility index (Phi) is 2.32. The summed E-state index contributed by atoms with van der Waals surface area (Å²) in [6.45, 7) is 3.14. The molecule has 0 saturated carbocycles. The molecule has 1 aromatic rings. The van der Waals surface area contributed by atoms with Crippen molar-refractivity contribution >= 4 is 0 Å². The van der Waals surface area contributed by atoms with Gasteiger partial charge in [-0.1, -0.05) is 6.07 Å². The Balaban J connectivity index is 2.35. The summed E-state index contributed by atoms with van der Waals surface area (Å²) in [7, 11) is 0. The van der Waals surface area contributed by atoms with Crippen molar-refractivity contribution in [3.05, 3.63) is 35.1 Å². The lowest BCUT2D eigenvalue weighted by Gasteiger charge is -2.08. The summed E-state index contributed by atoms with van der Waals surface area (Å²) in [6.07, 6.45) is 1.95. The van der Waals surface area contributed by atoms with Gasteiger partial charge in [-0.15, -0.1) is 0 Å². The number of hydrogen-bond acceptors (Lipinski definition) is 1. The Morgan fingerprint density at radius 2 is 2.23 bits per heavy atom. The molecule has 2 heteroatoms. The van der Waals surface area contributed by atoms with Crippen LogP contribution in [0.15, 0.2) is 18.2 Å². The molecule has 0 radical (unpaired) electrons. The van der Waals surface area contributed by atoms with Crippen LogP contribution in [-0.4, -0.2) is 12.6 Å². The van der Waals surface area contributed by atoms with Gasteiger partial charge >= 0.3 is 0 Å². The van der Waals surface area contributed by atoms with Crippen molar-refractivity contribution in [2.24, 2.45) is 0 Å². The van der Waals surface area contributed by atoms with E-state index in [1.54, 1.807) is 12.1 Å². The van der Waals surface area contributed by atoms with Crippen LogP contribution in [0.25, 0.3) is 0 Å². The standard InChI is InChI=1S/C11H14FN/c1-8-6-10-7-11(12)3-2-9(10)4-5-13-8/h2-3,7-8,13H,4-6H2,1H3. The van der Waals surface area contributed by atoms with Gasteiger partial charge in [0, 0.05) is 6.04 Å². The number of nitrogens with one attached hydrogen (secondary N) is 1. The monoisotopic (exact) mass is 179 g/mol. The molecule has 0 fully saturated rings.